The number of carbonyl (C=O) groups is 1. The van der Waals surface area contributed by atoms with Crippen LogP contribution in [0.5, 0.6) is 0 Å². The Labute approximate surface area is 133 Å². The van der Waals surface area contributed by atoms with Crippen molar-refractivity contribution in [2.45, 2.75) is 6.92 Å². The predicted molar refractivity (Wildman–Crippen MR) is 92.5 cm³/mol. The molecule has 1 heterocycles. The zero-order chi connectivity index (χ0) is 15.6. The van der Waals surface area contributed by atoms with Crippen molar-refractivity contribution in [2.24, 2.45) is 10.9 Å². The zero-order valence-electron chi connectivity index (χ0n) is 12.1. The summed E-state index contributed by atoms with van der Waals surface area (Å²) in [5.41, 5.74) is 2.71. The van der Waals surface area contributed by atoms with Gasteiger partial charge in [-0.25, -0.2) is 4.79 Å². The third kappa shape index (κ3) is 2.06. The van der Waals surface area contributed by atoms with Crippen molar-refractivity contribution < 1.29 is 4.79 Å². The second-order valence-electron chi connectivity index (χ2n) is 4.95. The third-order valence-electron chi connectivity index (χ3n) is 3.71. The summed E-state index contributed by atoms with van der Waals surface area (Å²) in [5, 5.41) is 4.45. The number of quaternary nitrogens is 1. The maximum atomic E-state index is 12.2. The maximum absolute atomic E-state index is 12.2. The largest absolute Gasteiger partial charge is 0.318 e. The van der Waals surface area contributed by atoms with E-state index in [9.17, 15) is 4.79 Å². The van der Waals surface area contributed by atoms with E-state index >= 15 is 0 Å². The van der Waals surface area contributed by atoms with Crippen LogP contribution >= 0.6 is 11.8 Å². The van der Waals surface area contributed by atoms with E-state index in [1.807, 2.05) is 67.6 Å². The van der Waals surface area contributed by atoms with Crippen molar-refractivity contribution in [1.82, 2.24) is 4.48 Å². The van der Waals surface area contributed by atoms with E-state index in [2.05, 4.69) is 5.10 Å². The summed E-state index contributed by atoms with van der Waals surface area (Å²) in [5.74, 6) is 5.59. The first-order valence-electron chi connectivity index (χ1n) is 6.88. The lowest BCUT2D eigenvalue weighted by Gasteiger charge is -2.27. The van der Waals surface area contributed by atoms with Gasteiger partial charge in [0.1, 0.15) is 0 Å². The molecule has 0 saturated heterocycles. The number of thioether (sulfide) groups is 1. The van der Waals surface area contributed by atoms with E-state index in [0.717, 1.165) is 28.3 Å². The lowest BCUT2D eigenvalue weighted by atomic mass is 10.1. The van der Waals surface area contributed by atoms with Crippen LogP contribution in [-0.2, 0) is 4.79 Å². The van der Waals surface area contributed by atoms with Gasteiger partial charge in [0, 0.05) is 17.7 Å². The van der Waals surface area contributed by atoms with Crippen molar-refractivity contribution in [3.8, 4) is 0 Å². The van der Waals surface area contributed by atoms with Crippen LogP contribution in [0.3, 0.4) is 0 Å². The van der Waals surface area contributed by atoms with E-state index in [1.54, 1.807) is 0 Å². The smallest absolute Gasteiger partial charge is 0.317 e. The Morgan fingerprint density at radius 2 is 1.64 bits per heavy atom. The number of hydrogen-bond acceptors (Lipinski definition) is 4. The number of allylic oxidation sites excluding steroid dienone is 1. The molecular weight excluding hydrogens is 294 g/mol. The third-order valence-corrected chi connectivity index (χ3v) is 4.79. The molecule has 0 fully saturated rings. The highest BCUT2D eigenvalue weighted by atomic mass is 32.2. The molecule has 22 heavy (non-hydrogen) atoms. The van der Waals surface area contributed by atoms with Crippen LogP contribution in [-0.4, -0.2) is 11.6 Å². The Kier molecular flexibility index (Phi) is 3.83. The summed E-state index contributed by atoms with van der Waals surface area (Å²) < 4.78 is -0.0994. The number of amidine groups is 1. The van der Waals surface area contributed by atoms with Gasteiger partial charge in [0.25, 0.3) is 0 Å². The standard InChI is InChI=1S/C17H16N3OS/c1-13-16(14-8-4-2-5-9-14)20(12-21,17(19-18)22-13)15-10-6-3-7-11-15/h2-12H,18H2,1H3/q+1. The van der Waals surface area contributed by atoms with Crippen LogP contribution in [0.15, 0.2) is 70.7 Å². The topological polar surface area (TPSA) is 55.5 Å². The summed E-state index contributed by atoms with van der Waals surface area (Å²) in [7, 11) is 0. The molecule has 5 heteroatoms. The molecule has 3 rings (SSSR count). The Morgan fingerprint density at radius 3 is 2.18 bits per heavy atom. The minimum Gasteiger partial charge on any atom is -0.317 e. The molecule has 0 bridgehead atoms. The molecule has 110 valence electrons. The Bertz CT molecular complexity index is 756. The highest BCUT2D eigenvalue weighted by Gasteiger charge is 2.50. The molecule has 2 N–H and O–H groups in total. The lowest BCUT2D eigenvalue weighted by Crippen LogP contribution is -2.47. The molecule has 0 spiro atoms. The monoisotopic (exact) mass is 310 g/mol. The zero-order valence-corrected chi connectivity index (χ0v) is 13.0. The van der Waals surface area contributed by atoms with Gasteiger partial charge in [0.05, 0.1) is 4.91 Å². The average molecular weight is 310 g/mol. The van der Waals surface area contributed by atoms with Gasteiger partial charge in [0.15, 0.2) is 11.4 Å². The highest BCUT2D eigenvalue weighted by Crippen LogP contribution is 2.47. The molecule has 1 amide bonds. The summed E-state index contributed by atoms with van der Waals surface area (Å²) >= 11 is 1.44. The van der Waals surface area contributed by atoms with Crippen molar-refractivity contribution in [3.63, 3.8) is 0 Å². The number of rotatable bonds is 3. The lowest BCUT2D eigenvalue weighted by molar-refractivity contribution is -0.112. The van der Waals surface area contributed by atoms with E-state index in [-0.39, 0.29) is 4.48 Å². The Morgan fingerprint density at radius 1 is 1.05 bits per heavy atom. The van der Waals surface area contributed by atoms with Crippen LogP contribution < -0.4 is 10.3 Å². The molecule has 0 aromatic heterocycles. The van der Waals surface area contributed by atoms with Gasteiger partial charge in [-0.2, -0.15) is 0 Å². The van der Waals surface area contributed by atoms with Crippen LogP contribution in [0, 0.1) is 0 Å². The summed E-state index contributed by atoms with van der Waals surface area (Å²) in [4.78, 5) is 13.2. The molecule has 0 aliphatic carbocycles. The van der Waals surface area contributed by atoms with Crippen LogP contribution in [0.4, 0.5) is 5.69 Å². The molecule has 1 aliphatic rings. The predicted octanol–water partition coefficient (Wildman–Crippen LogP) is 3.52. The number of nitrogens with zero attached hydrogens (tertiary/aromatic N) is 2. The van der Waals surface area contributed by atoms with E-state index in [1.165, 1.54) is 11.8 Å². The summed E-state index contributed by atoms with van der Waals surface area (Å²) in [6.45, 7) is 1.99. The second kappa shape index (κ2) is 5.79. The van der Waals surface area contributed by atoms with Gasteiger partial charge in [-0.15, -0.1) is 9.58 Å². The molecule has 2 aromatic carbocycles. The Hall–Kier alpha value is -2.37. The number of para-hydroxylation sites is 1. The average Bonchev–Trinajstić information content (AvgIpc) is 2.89. The summed E-state index contributed by atoms with van der Waals surface area (Å²) in [6.07, 6.45) is 0.896. The number of hydrazone groups is 1. The normalized spacial score (nSPS) is 23.0. The van der Waals surface area contributed by atoms with Crippen LogP contribution in [0.25, 0.3) is 5.70 Å². The van der Waals surface area contributed by atoms with Gasteiger partial charge >= 0.3 is 11.6 Å². The molecule has 0 radical (unpaired) electrons. The quantitative estimate of drug-likeness (QED) is 0.408. The minimum absolute atomic E-state index is 0.0994. The van der Waals surface area contributed by atoms with Gasteiger partial charge < -0.3 is 5.84 Å². The maximum Gasteiger partial charge on any atom is 0.318 e. The number of carbonyl (C=O) groups excluding carboxylic acids is 1. The molecule has 1 aliphatic heterocycles. The van der Waals surface area contributed by atoms with E-state index < -0.39 is 0 Å². The highest BCUT2D eigenvalue weighted by molar-refractivity contribution is 8.18. The number of benzene rings is 2. The molecule has 0 saturated carbocycles. The first kappa shape index (κ1) is 14.6. The fourth-order valence-corrected chi connectivity index (χ4v) is 3.85. The SMILES string of the molecule is CC1=C(c2ccccc2)[N+](C=O)(c2ccccc2)C(=NN)S1. The fraction of sp³-hybridized carbons (Fsp3) is 0.0588. The van der Waals surface area contributed by atoms with Crippen molar-refractivity contribution in [2.75, 3.05) is 0 Å². The van der Waals surface area contributed by atoms with Crippen molar-refractivity contribution in [1.29, 1.82) is 0 Å². The number of amides is 1. The molecule has 4 nitrogen and oxygen atoms in total. The van der Waals surface area contributed by atoms with E-state index in [4.69, 9.17) is 5.84 Å². The number of nitrogens with two attached hydrogens (primary N) is 1. The van der Waals surface area contributed by atoms with Crippen LogP contribution in [0.1, 0.15) is 12.5 Å². The second-order valence-corrected chi connectivity index (χ2v) is 6.13. The van der Waals surface area contributed by atoms with Crippen LogP contribution in [0.2, 0.25) is 0 Å². The van der Waals surface area contributed by atoms with Crippen molar-refractivity contribution in [3.05, 3.63) is 71.1 Å². The van der Waals surface area contributed by atoms with Gasteiger partial charge in [-0.3, -0.25) is 0 Å². The first-order valence-corrected chi connectivity index (χ1v) is 7.69. The van der Waals surface area contributed by atoms with Gasteiger partial charge in [-0.1, -0.05) is 36.4 Å². The minimum atomic E-state index is -0.0994. The van der Waals surface area contributed by atoms with E-state index in [0.29, 0.717) is 5.17 Å². The molecule has 1 atom stereocenters. The van der Waals surface area contributed by atoms with Gasteiger partial charge in [0.2, 0.25) is 0 Å². The molecule has 2 aromatic rings. The number of hydrogen-bond donors (Lipinski definition) is 1. The summed E-state index contributed by atoms with van der Waals surface area (Å²) in [6, 6.07) is 19.5. The first-order chi connectivity index (χ1) is 10.7. The molecule has 1 unspecified atom stereocenters. The molecular formula is C17H16N3OS+. The van der Waals surface area contributed by atoms with Gasteiger partial charge in [-0.05, 0) is 30.8 Å². The Balaban J connectivity index is 2.31. The fourth-order valence-electron chi connectivity index (χ4n) is 2.78. The van der Waals surface area contributed by atoms with Crippen molar-refractivity contribution >= 4 is 34.7 Å².